The predicted molar refractivity (Wildman–Crippen MR) is 88.3 cm³/mol. The van der Waals surface area contributed by atoms with Gasteiger partial charge in [0.1, 0.15) is 0 Å². The molecule has 24 heavy (non-hydrogen) atoms. The van der Waals surface area contributed by atoms with E-state index in [0.717, 1.165) is 5.56 Å². The summed E-state index contributed by atoms with van der Waals surface area (Å²) in [5.74, 6) is -4.02. The summed E-state index contributed by atoms with van der Waals surface area (Å²) in [7, 11) is 0. The Balaban J connectivity index is 1.93. The molecule has 2 rings (SSSR count). The van der Waals surface area contributed by atoms with E-state index in [0.29, 0.717) is 6.42 Å². The van der Waals surface area contributed by atoms with Gasteiger partial charge < -0.3 is 16.6 Å². The van der Waals surface area contributed by atoms with Crippen LogP contribution in [-0.2, 0) is 11.2 Å². The van der Waals surface area contributed by atoms with Crippen LogP contribution in [0.3, 0.4) is 0 Å². The number of amides is 1. The lowest BCUT2D eigenvalue weighted by Crippen LogP contribution is -2.43. The normalized spacial score (nSPS) is 21.8. The minimum atomic E-state index is -2.65. The summed E-state index contributed by atoms with van der Waals surface area (Å²) in [6.45, 7) is 0. The molecule has 1 aromatic rings. The molecule has 5 N–H and O–H groups in total. The molecule has 0 heterocycles. The molecule has 3 atom stereocenters. The van der Waals surface area contributed by atoms with Gasteiger partial charge in [-0.25, -0.2) is 8.78 Å². The zero-order chi connectivity index (χ0) is 17.7. The number of primary amides is 1. The molecular formula is C18H26F2N2O2. The Labute approximate surface area is 141 Å². The van der Waals surface area contributed by atoms with E-state index in [1.165, 1.54) is 0 Å². The van der Waals surface area contributed by atoms with Crippen LogP contribution < -0.4 is 11.5 Å². The van der Waals surface area contributed by atoms with Crippen molar-refractivity contribution in [2.45, 2.75) is 56.6 Å². The van der Waals surface area contributed by atoms with Crippen LogP contribution in [0.4, 0.5) is 8.78 Å². The van der Waals surface area contributed by atoms with Crippen LogP contribution in [0.2, 0.25) is 0 Å². The molecule has 1 amide bonds. The molecule has 1 fully saturated rings. The third-order valence-corrected chi connectivity index (χ3v) is 5.00. The average molecular weight is 340 g/mol. The molecule has 1 aliphatic carbocycles. The van der Waals surface area contributed by atoms with E-state index in [-0.39, 0.29) is 38.0 Å². The van der Waals surface area contributed by atoms with Gasteiger partial charge in [0.2, 0.25) is 11.8 Å². The van der Waals surface area contributed by atoms with E-state index in [1.54, 1.807) is 0 Å². The zero-order valence-electron chi connectivity index (χ0n) is 13.7. The van der Waals surface area contributed by atoms with E-state index in [1.807, 2.05) is 30.3 Å². The van der Waals surface area contributed by atoms with E-state index in [2.05, 4.69) is 0 Å². The number of halogens is 2. The van der Waals surface area contributed by atoms with Crippen LogP contribution in [0.25, 0.3) is 0 Å². The zero-order valence-corrected chi connectivity index (χ0v) is 13.7. The largest absolute Gasteiger partial charge is 0.391 e. The highest BCUT2D eigenvalue weighted by molar-refractivity contribution is 5.77. The van der Waals surface area contributed by atoms with Crippen LogP contribution in [0.1, 0.15) is 37.7 Å². The quantitative estimate of drug-likeness (QED) is 0.711. The number of carbonyl (C=O) groups is 1. The molecule has 0 saturated heterocycles. The Morgan fingerprint density at radius 3 is 2.38 bits per heavy atom. The third kappa shape index (κ3) is 5.24. The van der Waals surface area contributed by atoms with Gasteiger partial charge in [0.15, 0.2) is 0 Å². The smallest absolute Gasteiger partial charge is 0.248 e. The van der Waals surface area contributed by atoms with Gasteiger partial charge in [-0.15, -0.1) is 0 Å². The minimum absolute atomic E-state index is 0.125. The van der Waals surface area contributed by atoms with Crippen LogP contribution >= 0.6 is 0 Å². The first-order chi connectivity index (χ1) is 11.3. The Bertz CT molecular complexity index is 529. The fourth-order valence-electron chi connectivity index (χ4n) is 3.46. The maximum Gasteiger partial charge on any atom is 0.248 e. The summed E-state index contributed by atoms with van der Waals surface area (Å²) in [6, 6.07) is 8.99. The van der Waals surface area contributed by atoms with Gasteiger partial charge in [-0.05, 0) is 37.2 Å². The second-order valence-electron chi connectivity index (χ2n) is 6.86. The predicted octanol–water partition coefficient (Wildman–Crippen LogP) is 2.23. The van der Waals surface area contributed by atoms with Crippen LogP contribution in [0.5, 0.6) is 0 Å². The Kier molecular flexibility index (Phi) is 6.29. The number of carbonyl (C=O) groups excluding carboxylic acids is 1. The monoisotopic (exact) mass is 340 g/mol. The van der Waals surface area contributed by atoms with Gasteiger partial charge in [0.05, 0.1) is 6.10 Å². The topological polar surface area (TPSA) is 89.3 Å². The highest BCUT2D eigenvalue weighted by Crippen LogP contribution is 2.40. The molecule has 4 nitrogen and oxygen atoms in total. The summed E-state index contributed by atoms with van der Waals surface area (Å²) in [5, 5.41) is 10.4. The number of alkyl halides is 2. The minimum Gasteiger partial charge on any atom is -0.391 e. The molecule has 6 heteroatoms. The molecule has 0 radical (unpaired) electrons. The van der Waals surface area contributed by atoms with Crippen molar-refractivity contribution < 1.29 is 18.7 Å². The van der Waals surface area contributed by atoms with Crippen molar-refractivity contribution in [3.05, 3.63) is 35.9 Å². The Morgan fingerprint density at radius 1 is 1.25 bits per heavy atom. The van der Waals surface area contributed by atoms with Crippen molar-refractivity contribution in [2.24, 2.45) is 23.3 Å². The van der Waals surface area contributed by atoms with Crippen molar-refractivity contribution in [1.29, 1.82) is 0 Å². The van der Waals surface area contributed by atoms with Crippen molar-refractivity contribution in [3.8, 4) is 0 Å². The van der Waals surface area contributed by atoms with Crippen molar-refractivity contribution in [3.63, 3.8) is 0 Å². The first-order valence-corrected chi connectivity index (χ1v) is 8.43. The molecule has 0 aliphatic heterocycles. The number of hydrogen-bond donors (Lipinski definition) is 3. The highest BCUT2D eigenvalue weighted by Gasteiger charge is 2.40. The van der Waals surface area contributed by atoms with Crippen LogP contribution in [-0.4, -0.2) is 29.1 Å². The number of aliphatic hydroxyl groups is 1. The summed E-state index contributed by atoms with van der Waals surface area (Å²) in [5.41, 5.74) is 12.5. The average Bonchev–Trinajstić information content (AvgIpc) is 2.53. The molecule has 1 aliphatic rings. The lowest BCUT2D eigenvalue weighted by atomic mass is 9.75. The summed E-state index contributed by atoms with van der Waals surface area (Å²) in [6.07, 6.45) is -0.246. The molecule has 1 aromatic carbocycles. The number of aliphatic hydroxyl groups excluding tert-OH is 1. The van der Waals surface area contributed by atoms with Gasteiger partial charge in [-0.2, -0.15) is 0 Å². The maximum atomic E-state index is 13.3. The van der Waals surface area contributed by atoms with Gasteiger partial charge in [0.25, 0.3) is 0 Å². The summed E-state index contributed by atoms with van der Waals surface area (Å²) >= 11 is 0. The number of nitrogens with two attached hydrogens (primary N) is 2. The van der Waals surface area contributed by atoms with E-state index >= 15 is 0 Å². The first-order valence-electron chi connectivity index (χ1n) is 8.43. The highest BCUT2D eigenvalue weighted by atomic mass is 19.3. The van der Waals surface area contributed by atoms with Crippen molar-refractivity contribution >= 4 is 5.91 Å². The lowest BCUT2D eigenvalue weighted by molar-refractivity contribution is -0.127. The molecule has 0 spiro atoms. The van der Waals surface area contributed by atoms with Crippen LogP contribution in [0, 0.1) is 11.8 Å². The summed E-state index contributed by atoms with van der Waals surface area (Å²) < 4.78 is 26.6. The van der Waals surface area contributed by atoms with Crippen LogP contribution in [0.15, 0.2) is 30.3 Å². The van der Waals surface area contributed by atoms with E-state index < -0.39 is 29.9 Å². The van der Waals surface area contributed by atoms with Crippen molar-refractivity contribution in [2.75, 3.05) is 0 Å². The maximum absolute atomic E-state index is 13.3. The SMILES string of the molecule is NC(=O)[C@@H](C[C@H](O)[C@@H](N)Cc1ccccc1)C1CCC(F)(F)CC1. The summed E-state index contributed by atoms with van der Waals surface area (Å²) in [4.78, 5) is 11.8. The molecule has 0 bridgehead atoms. The molecule has 0 unspecified atom stereocenters. The van der Waals surface area contributed by atoms with E-state index in [9.17, 15) is 18.7 Å². The van der Waals surface area contributed by atoms with Crippen molar-refractivity contribution in [1.82, 2.24) is 0 Å². The molecule has 134 valence electrons. The first kappa shape index (κ1) is 18.8. The number of rotatable bonds is 7. The standard InChI is InChI=1S/C18H26F2N2O2/c19-18(20)8-6-13(7-9-18)14(17(22)24)11-16(23)15(21)10-12-4-2-1-3-5-12/h1-5,13-16,23H,6-11,21H2,(H2,22,24)/t14-,15-,16-/m0/s1. The number of hydrogen-bond acceptors (Lipinski definition) is 3. The lowest BCUT2D eigenvalue weighted by Gasteiger charge is -2.34. The Morgan fingerprint density at radius 2 is 1.83 bits per heavy atom. The molecule has 0 aromatic heterocycles. The van der Waals surface area contributed by atoms with Gasteiger partial charge in [-0.3, -0.25) is 4.79 Å². The van der Waals surface area contributed by atoms with Gasteiger partial charge in [0, 0.05) is 24.8 Å². The van der Waals surface area contributed by atoms with E-state index in [4.69, 9.17) is 11.5 Å². The van der Waals surface area contributed by atoms with Gasteiger partial charge in [-0.1, -0.05) is 30.3 Å². The Hall–Kier alpha value is -1.53. The third-order valence-electron chi connectivity index (χ3n) is 5.00. The number of benzene rings is 1. The fourth-order valence-corrected chi connectivity index (χ4v) is 3.46. The van der Waals surface area contributed by atoms with Gasteiger partial charge >= 0.3 is 0 Å². The molecular weight excluding hydrogens is 314 g/mol. The fraction of sp³-hybridized carbons (Fsp3) is 0.611. The molecule has 1 saturated carbocycles. The second-order valence-corrected chi connectivity index (χ2v) is 6.86. The second kappa shape index (κ2) is 8.03.